The standard InChI is InChI=1S/C29H40N8O/c1-18(2)14-34(7)16-25(38)36-12-10-35(11-13-36)24-9-8-23-28(33-24)26(19(3)4)27(32-23)22-15-37-29(30-17-31-37)21(6)20(22)5/h8-9,15,17-19,32H,10-14,16H2,1-7H3. The molecule has 9 heteroatoms. The van der Waals surface area contributed by atoms with E-state index in [2.05, 4.69) is 84.7 Å². The average Bonchev–Trinajstić information content (AvgIpc) is 3.50. The smallest absolute Gasteiger partial charge is 0.236 e. The van der Waals surface area contributed by atoms with Crippen molar-refractivity contribution in [1.82, 2.24) is 34.4 Å². The molecule has 0 spiro atoms. The zero-order chi connectivity index (χ0) is 27.1. The Balaban J connectivity index is 1.40. The van der Waals surface area contributed by atoms with Crippen LogP contribution in [0.25, 0.3) is 27.9 Å². The zero-order valence-electron chi connectivity index (χ0n) is 23.7. The van der Waals surface area contributed by atoms with Crippen molar-refractivity contribution in [3.8, 4) is 11.3 Å². The lowest BCUT2D eigenvalue weighted by atomic mass is 9.95. The van der Waals surface area contributed by atoms with Crippen LogP contribution in [0.4, 0.5) is 5.82 Å². The number of H-pyrrole nitrogens is 1. The maximum Gasteiger partial charge on any atom is 0.236 e. The van der Waals surface area contributed by atoms with Crippen LogP contribution in [-0.2, 0) is 4.79 Å². The van der Waals surface area contributed by atoms with Crippen molar-refractivity contribution in [3.05, 3.63) is 41.3 Å². The van der Waals surface area contributed by atoms with Crippen molar-refractivity contribution < 1.29 is 4.79 Å². The van der Waals surface area contributed by atoms with E-state index >= 15 is 0 Å². The highest BCUT2D eigenvalue weighted by Crippen LogP contribution is 2.38. The van der Waals surface area contributed by atoms with Crippen LogP contribution in [0.15, 0.2) is 24.7 Å². The fourth-order valence-electron chi connectivity index (χ4n) is 5.68. The van der Waals surface area contributed by atoms with Gasteiger partial charge in [0.15, 0.2) is 5.65 Å². The Bertz CT molecular complexity index is 1460. The number of aryl methyl sites for hydroxylation is 1. The number of likely N-dealkylation sites (N-methyl/N-ethyl adjacent to an activating group) is 1. The molecule has 1 amide bonds. The maximum atomic E-state index is 12.8. The predicted octanol–water partition coefficient (Wildman–Crippen LogP) is 4.25. The summed E-state index contributed by atoms with van der Waals surface area (Å²) in [5, 5.41) is 4.40. The molecule has 1 saturated heterocycles. The molecule has 1 fully saturated rings. The molecule has 9 nitrogen and oxygen atoms in total. The largest absolute Gasteiger partial charge is 0.353 e. The Hall–Kier alpha value is -3.46. The molecule has 5 rings (SSSR count). The lowest BCUT2D eigenvalue weighted by molar-refractivity contribution is -0.132. The zero-order valence-corrected chi connectivity index (χ0v) is 23.7. The third-order valence-electron chi connectivity index (χ3n) is 7.68. The van der Waals surface area contributed by atoms with Gasteiger partial charge in [0.05, 0.1) is 23.3 Å². The van der Waals surface area contributed by atoms with Crippen molar-refractivity contribution in [2.75, 3.05) is 51.2 Å². The van der Waals surface area contributed by atoms with Gasteiger partial charge in [0.1, 0.15) is 12.1 Å². The van der Waals surface area contributed by atoms with E-state index in [0.717, 1.165) is 72.0 Å². The number of pyridine rings is 2. The van der Waals surface area contributed by atoms with E-state index in [1.807, 2.05) is 16.5 Å². The number of nitrogens with zero attached hydrogens (tertiary/aromatic N) is 7. The topological polar surface area (TPSA) is 85.7 Å². The van der Waals surface area contributed by atoms with Crippen molar-refractivity contribution in [2.45, 2.75) is 47.5 Å². The first-order valence-electron chi connectivity index (χ1n) is 13.7. The quantitative estimate of drug-likeness (QED) is 0.395. The van der Waals surface area contributed by atoms with Gasteiger partial charge in [0, 0.05) is 50.0 Å². The number of carbonyl (C=O) groups excluding carboxylic acids is 1. The Labute approximate surface area is 224 Å². The molecule has 202 valence electrons. The number of fused-ring (bicyclic) bond motifs is 2. The van der Waals surface area contributed by atoms with Crippen LogP contribution in [0.1, 0.15) is 50.3 Å². The number of piperazine rings is 1. The fourth-order valence-corrected chi connectivity index (χ4v) is 5.68. The minimum absolute atomic E-state index is 0.212. The minimum atomic E-state index is 0.212. The summed E-state index contributed by atoms with van der Waals surface area (Å²) in [7, 11) is 2.03. The van der Waals surface area contributed by atoms with Gasteiger partial charge >= 0.3 is 0 Å². The summed E-state index contributed by atoms with van der Waals surface area (Å²) in [6.45, 7) is 17.5. The summed E-state index contributed by atoms with van der Waals surface area (Å²) in [5.41, 5.74) is 8.69. The van der Waals surface area contributed by atoms with Gasteiger partial charge in [-0.1, -0.05) is 27.7 Å². The first kappa shape index (κ1) is 26.2. The number of anilines is 1. The summed E-state index contributed by atoms with van der Waals surface area (Å²) >= 11 is 0. The molecule has 38 heavy (non-hydrogen) atoms. The lowest BCUT2D eigenvalue weighted by Crippen LogP contribution is -2.51. The number of rotatable bonds is 7. The molecule has 4 aromatic heterocycles. The minimum Gasteiger partial charge on any atom is -0.353 e. The third kappa shape index (κ3) is 4.87. The highest BCUT2D eigenvalue weighted by atomic mass is 16.2. The monoisotopic (exact) mass is 516 g/mol. The second kappa shape index (κ2) is 10.4. The average molecular weight is 517 g/mol. The van der Waals surface area contributed by atoms with Gasteiger partial charge in [-0.2, -0.15) is 5.10 Å². The highest BCUT2D eigenvalue weighted by molar-refractivity contribution is 5.90. The molecular weight excluding hydrogens is 476 g/mol. The van der Waals surface area contributed by atoms with Crippen LogP contribution >= 0.6 is 0 Å². The van der Waals surface area contributed by atoms with Gasteiger partial charge in [-0.05, 0) is 56.0 Å². The number of aromatic amines is 1. The van der Waals surface area contributed by atoms with E-state index in [9.17, 15) is 4.79 Å². The van der Waals surface area contributed by atoms with Crippen molar-refractivity contribution in [1.29, 1.82) is 0 Å². The van der Waals surface area contributed by atoms with E-state index in [4.69, 9.17) is 4.98 Å². The molecule has 4 aromatic rings. The van der Waals surface area contributed by atoms with Gasteiger partial charge in [0.2, 0.25) is 5.91 Å². The summed E-state index contributed by atoms with van der Waals surface area (Å²) in [5.74, 6) is 2.01. The Morgan fingerprint density at radius 3 is 2.50 bits per heavy atom. The summed E-state index contributed by atoms with van der Waals surface area (Å²) in [6, 6.07) is 4.24. The number of aromatic nitrogens is 5. The predicted molar refractivity (Wildman–Crippen MR) is 153 cm³/mol. The van der Waals surface area contributed by atoms with Crippen LogP contribution in [0.5, 0.6) is 0 Å². The molecule has 0 unspecified atom stereocenters. The maximum absolute atomic E-state index is 12.8. The van der Waals surface area contributed by atoms with Gasteiger partial charge in [0.25, 0.3) is 0 Å². The van der Waals surface area contributed by atoms with Crippen LogP contribution < -0.4 is 4.90 Å². The molecule has 0 bridgehead atoms. The molecule has 1 aliphatic heterocycles. The number of amides is 1. The second-order valence-corrected chi connectivity index (χ2v) is 11.4. The highest BCUT2D eigenvalue weighted by Gasteiger charge is 2.25. The molecule has 1 N–H and O–H groups in total. The molecule has 0 saturated carbocycles. The van der Waals surface area contributed by atoms with Crippen molar-refractivity contribution in [2.24, 2.45) is 5.92 Å². The van der Waals surface area contributed by atoms with Crippen LogP contribution in [0, 0.1) is 19.8 Å². The van der Waals surface area contributed by atoms with Crippen molar-refractivity contribution in [3.63, 3.8) is 0 Å². The normalized spacial score (nSPS) is 14.7. The first-order chi connectivity index (χ1) is 18.1. The third-order valence-corrected chi connectivity index (χ3v) is 7.68. The van der Waals surface area contributed by atoms with Gasteiger partial charge in [-0.3, -0.25) is 9.69 Å². The second-order valence-electron chi connectivity index (χ2n) is 11.4. The number of hydrogen-bond acceptors (Lipinski definition) is 6. The molecule has 0 atom stereocenters. The van der Waals surface area contributed by atoms with E-state index in [0.29, 0.717) is 12.5 Å². The number of carbonyl (C=O) groups is 1. The van der Waals surface area contributed by atoms with E-state index in [-0.39, 0.29) is 11.8 Å². The molecule has 0 aromatic carbocycles. The van der Waals surface area contributed by atoms with Crippen LogP contribution in [-0.4, -0.2) is 86.6 Å². The lowest BCUT2D eigenvalue weighted by Gasteiger charge is -2.36. The van der Waals surface area contributed by atoms with Gasteiger partial charge in [-0.25, -0.2) is 14.5 Å². The fraction of sp³-hybridized carbons (Fsp3) is 0.517. The molecule has 0 radical (unpaired) electrons. The van der Waals surface area contributed by atoms with Crippen molar-refractivity contribution >= 4 is 28.4 Å². The Kier molecular flexibility index (Phi) is 7.13. The number of nitrogens with one attached hydrogen (secondary N) is 1. The van der Waals surface area contributed by atoms with E-state index in [1.54, 1.807) is 6.33 Å². The molecule has 5 heterocycles. The number of hydrogen-bond donors (Lipinski definition) is 1. The van der Waals surface area contributed by atoms with Gasteiger partial charge in [-0.15, -0.1) is 0 Å². The Morgan fingerprint density at radius 1 is 1.08 bits per heavy atom. The van der Waals surface area contributed by atoms with Crippen LogP contribution in [0.3, 0.4) is 0 Å². The summed E-state index contributed by atoms with van der Waals surface area (Å²) in [4.78, 5) is 32.5. The van der Waals surface area contributed by atoms with Crippen LogP contribution in [0.2, 0.25) is 0 Å². The summed E-state index contributed by atoms with van der Waals surface area (Å²) in [6.07, 6.45) is 3.67. The van der Waals surface area contributed by atoms with E-state index < -0.39 is 0 Å². The van der Waals surface area contributed by atoms with Gasteiger partial charge < -0.3 is 14.8 Å². The first-order valence-corrected chi connectivity index (χ1v) is 13.7. The summed E-state index contributed by atoms with van der Waals surface area (Å²) < 4.78 is 1.85. The van der Waals surface area contributed by atoms with E-state index in [1.165, 1.54) is 11.1 Å². The SMILES string of the molecule is Cc1c(-c2[nH]c3ccc(N4CCN(C(=O)CN(C)CC(C)C)CC4)nc3c2C(C)C)cn2ncnc2c1C. The molecule has 1 aliphatic rings. The Morgan fingerprint density at radius 2 is 1.82 bits per heavy atom. The molecular formula is C29H40N8O. The molecule has 0 aliphatic carbocycles.